The molecule has 0 aliphatic rings. The van der Waals surface area contributed by atoms with Crippen molar-refractivity contribution in [2.45, 2.75) is 13.0 Å². The summed E-state index contributed by atoms with van der Waals surface area (Å²) in [6.07, 6.45) is 0. The summed E-state index contributed by atoms with van der Waals surface area (Å²) in [6, 6.07) is 8.78. The van der Waals surface area contributed by atoms with Gasteiger partial charge in [0.1, 0.15) is 0 Å². The predicted octanol–water partition coefficient (Wildman–Crippen LogP) is 2.40. The van der Waals surface area contributed by atoms with Crippen LogP contribution in [0.5, 0.6) is 0 Å². The average molecular weight is 261 g/mol. The molecular weight excluding hydrogens is 246 g/mol. The van der Waals surface area contributed by atoms with E-state index >= 15 is 0 Å². The standard InChI is InChI=1S/C13H15N3OS/c1-8(12-3-2-4-18-12)16-13(17)9-5-10(14)7-11(15)6-9/h2-8H,14-15H2,1H3,(H,16,17). The van der Waals surface area contributed by atoms with E-state index in [0.29, 0.717) is 16.9 Å². The minimum absolute atomic E-state index is 0.0276. The van der Waals surface area contributed by atoms with Crippen LogP contribution in [0.1, 0.15) is 28.2 Å². The Balaban J connectivity index is 2.12. The Labute approximate surface area is 110 Å². The quantitative estimate of drug-likeness (QED) is 0.742. The van der Waals surface area contributed by atoms with Crippen molar-refractivity contribution in [3.05, 3.63) is 46.2 Å². The predicted molar refractivity (Wildman–Crippen MR) is 75.5 cm³/mol. The molecule has 2 aromatic rings. The minimum atomic E-state index is -0.171. The molecule has 5 heteroatoms. The number of rotatable bonds is 3. The van der Waals surface area contributed by atoms with Crippen LogP contribution >= 0.6 is 11.3 Å². The lowest BCUT2D eigenvalue weighted by molar-refractivity contribution is 0.0940. The number of thiophene rings is 1. The van der Waals surface area contributed by atoms with Crippen LogP contribution in [0, 0.1) is 0 Å². The number of carbonyl (C=O) groups excluding carboxylic acids is 1. The number of amides is 1. The highest BCUT2D eigenvalue weighted by Crippen LogP contribution is 2.19. The number of hydrogen-bond donors (Lipinski definition) is 3. The van der Waals surface area contributed by atoms with Gasteiger partial charge >= 0.3 is 0 Å². The Kier molecular flexibility index (Phi) is 3.53. The second-order valence-corrected chi connectivity index (χ2v) is 5.08. The first-order chi connectivity index (χ1) is 8.56. The zero-order valence-corrected chi connectivity index (χ0v) is 10.8. The van der Waals surface area contributed by atoms with Gasteiger partial charge in [-0.05, 0) is 36.6 Å². The molecule has 0 bridgehead atoms. The van der Waals surface area contributed by atoms with E-state index in [1.165, 1.54) is 0 Å². The van der Waals surface area contributed by atoms with E-state index in [-0.39, 0.29) is 11.9 Å². The van der Waals surface area contributed by atoms with Crippen molar-refractivity contribution in [2.75, 3.05) is 11.5 Å². The molecule has 0 aliphatic carbocycles. The highest BCUT2D eigenvalue weighted by atomic mass is 32.1. The molecule has 1 unspecified atom stereocenters. The molecule has 1 amide bonds. The van der Waals surface area contributed by atoms with Gasteiger partial charge in [-0.15, -0.1) is 11.3 Å². The fourth-order valence-electron chi connectivity index (χ4n) is 1.70. The van der Waals surface area contributed by atoms with Gasteiger partial charge in [0.05, 0.1) is 6.04 Å². The van der Waals surface area contributed by atoms with Crippen LogP contribution in [0.2, 0.25) is 0 Å². The largest absolute Gasteiger partial charge is 0.399 e. The zero-order chi connectivity index (χ0) is 13.1. The van der Waals surface area contributed by atoms with Crippen LogP contribution in [-0.2, 0) is 0 Å². The summed E-state index contributed by atoms with van der Waals surface area (Å²) in [7, 11) is 0. The first kappa shape index (κ1) is 12.4. The maximum atomic E-state index is 12.0. The number of nitrogens with one attached hydrogen (secondary N) is 1. The van der Waals surface area contributed by atoms with Gasteiger partial charge in [0.25, 0.3) is 5.91 Å². The molecule has 18 heavy (non-hydrogen) atoms. The molecular formula is C13H15N3OS. The fraction of sp³-hybridized carbons (Fsp3) is 0.154. The first-order valence-electron chi connectivity index (χ1n) is 5.56. The van der Waals surface area contributed by atoms with Crippen molar-refractivity contribution in [3.8, 4) is 0 Å². The third-order valence-electron chi connectivity index (χ3n) is 2.56. The second-order valence-electron chi connectivity index (χ2n) is 4.10. The van der Waals surface area contributed by atoms with Gasteiger partial charge in [-0.2, -0.15) is 0 Å². The van der Waals surface area contributed by atoms with Crippen LogP contribution in [0.3, 0.4) is 0 Å². The van der Waals surface area contributed by atoms with Crippen LogP contribution < -0.4 is 16.8 Å². The summed E-state index contributed by atoms with van der Waals surface area (Å²) in [4.78, 5) is 13.1. The number of carbonyl (C=O) groups is 1. The molecule has 1 atom stereocenters. The average Bonchev–Trinajstić information content (AvgIpc) is 2.80. The summed E-state index contributed by atoms with van der Waals surface area (Å²) in [5.74, 6) is -0.171. The smallest absolute Gasteiger partial charge is 0.251 e. The number of anilines is 2. The van der Waals surface area contributed by atoms with Crippen molar-refractivity contribution in [1.29, 1.82) is 0 Å². The lowest BCUT2D eigenvalue weighted by Crippen LogP contribution is -2.26. The van der Waals surface area contributed by atoms with E-state index < -0.39 is 0 Å². The van der Waals surface area contributed by atoms with Gasteiger partial charge in [-0.3, -0.25) is 4.79 Å². The Morgan fingerprint density at radius 1 is 1.28 bits per heavy atom. The van der Waals surface area contributed by atoms with Gasteiger partial charge in [0.15, 0.2) is 0 Å². The molecule has 94 valence electrons. The molecule has 0 aliphatic heterocycles. The third-order valence-corrected chi connectivity index (χ3v) is 3.61. The second kappa shape index (κ2) is 5.10. The lowest BCUT2D eigenvalue weighted by Gasteiger charge is -2.12. The highest BCUT2D eigenvalue weighted by Gasteiger charge is 2.12. The Morgan fingerprint density at radius 3 is 2.50 bits per heavy atom. The Morgan fingerprint density at radius 2 is 1.94 bits per heavy atom. The highest BCUT2D eigenvalue weighted by molar-refractivity contribution is 7.10. The van der Waals surface area contributed by atoms with Crippen molar-refractivity contribution < 1.29 is 4.79 Å². The van der Waals surface area contributed by atoms with E-state index in [1.807, 2.05) is 24.4 Å². The van der Waals surface area contributed by atoms with Gasteiger partial charge in [-0.1, -0.05) is 6.07 Å². The van der Waals surface area contributed by atoms with Crippen LogP contribution in [0.4, 0.5) is 11.4 Å². The first-order valence-corrected chi connectivity index (χ1v) is 6.44. The topological polar surface area (TPSA) is 81.1 Å². The molecule has 5 N–H and O–H groups in total. The van der Waals surface area contributed by atoms with E-state index in [4.69, 9.17) is 11.5 Å². The molecule has 0 spiro atoms. The third kappa shape index (κ3) is 2.81. The van der Waals surface area contributed by atoms with Crippen molar-refractivity contribution >= 4 is 28.6 Å². The van der Waals surface area contributed by atoms with Gasteiger partial charge < -0.3 is 16.8 Å². The van der Waals surface area contributed by atoms with Gasteiger partial charge in [0.2, 0.25) is 0 Å². The Hall–Kier alpha value is -2.01. The molecule has 0 fully saturated rings. The Bertz CT molecular complexity index is 531. The molecule has 0 saturated heterocycles. The maximum absolute atomic E-state index is 12.0. The summed E-state index contributed by atoms with van der Waals surface area (Å²) in [6.45, 7) is 1.94. The van der Waals surface area contributed by atoms with E-state index in [0.717, 1.165) is 4.88 Å². The van der Waals surface area contributed by atoms with Crippen LogP contribution in [0.15, 0.2) is 35.7 Å². The van der Waals surface area contributed by atoms with E-state index in [1.54, 1.807) is 29.5 Å². The summed E-state index contributed by atoms with van der Waals surface area (Å²) in [5, 5.41) is 4.90. The summed E-state index contributed by atoms with van der Waals surface area (Å²) >= 11 is 1.61. The molecule has 1 aromatic carbocycles. The number of benzene rings is 1. The number of nitrogen functional groups attached to an aromatic ring is 2. The molecule has 0 radical (unpaired) electrons. The van der Waals surface area contributed by atoms with Gasteiger partial charge in [0, 0.05) is 21.8 Å². The molecule has 1 aromatic heterocycles. The number of nitrogens with two attached hydrogens (primary N) is 2. The van der Waals surface area contributed by atoms with Crippen molar-refractivity contribution in [1.82, 2.24) is 5.32 Å². The molecule has 1 heterocycles. The lowest BCUT2D eigenvalue weighted by atomic mass is 10.1. The molecule has 0 saturated carbocycles. The molecule has 2 rings (SSSR count). The zero-order valence-electron chi connectivity index (χ0n) is 10.0. The monoisotopic (exact) mass is 261 g/mol. The summed E-state index contributed by atoms with van der Waals surface area (Å²) in [5.41, 5.74) is 12.8. The van der Waals surface area contributed by atoms with E-state index in [9.17, 15) is 4.79 Å². The summed E-state index contributed by atoms with van der Waals surface area (Å²) < 4.78 is 0. The molecule has 4 nitrogen and oxygen atoms in total. The number of hydrogen-bond acceptors (Lipinski definition) is 4. The van der Waals surface area contributed by atoms with Crippen LogP contribution in [-0.4, -0.2) is 5.91 Å². The normalized spacial score (nSPS) is 12.1. The minimum Gasteiger partial charge on any atom is -0.399 e. The van der Waals surface area contributed by atoms with Gasteiger partial charge in [-0.25, -0.2) is 0 Å². The van der Waals surface area contributed by atoms with E-state index in [2.05, 4.69) is 5.32 Å². The van der Waals surface area contributed by atoms with Crippen molar-refractivity contribution in [3.63, 3.8) is 0 Å². The maximum Gasteiger partial charge on any atom is 0.251 e. The SMILES string of the molecule is CC(NC(=O)c1cc(N)cc(N)c1)c1cccs1. The fourth-order valence-corrected chi connectivity index (χ4v) is 2.43. The van der Waals surface area contributed by atoms with Crippen LogP contribution in [0.25, 0.3) is 0 Å². The van der Waals surface area contributed by atoms with Crippen molar-refractivity contribution in [2.24, 2.45) is 0 Å².